The Morgan fingerprint density at radius 3 is 2.52 bits per heavy atom. The zero-order valence-corrected chi connectivity index (χ0v) is 18.5. The average molecular weight is 473 g/mol. The molecule has 9 nitrogen and oxygen atoms in total. The van der Waals surface area contributed by atoms with Crippen molar-refractivity contribution >= 4 is 5.97 Å². The lowest BCUT2D eigenvalue weighted by atomic mass is 10.1. The molecule has 1 aromatic heterocycles. The standard InChI is InChI=1S/C21H26F3N3O6/c1-20(2,18(29)30)33-15-9-4-7-14(13-15)8-5-12-32-16-17(28)26(3)19(31)27(25-16)11-6-10-21(22,23)24/h4,7,9,13H,5-6,8,10-12H2,1-3H3,(H,29,30). The van der Waals surface area contributed by atoms with Crippen LogP contribution in [0.2, 0.25) is 0 Å². The lowest BCUT2D eigenvalue weighted by Gasteiger charge is -2.21. The molecule has 0 saturated heterocycles. The maximum atomic E-state index is 12.3. The number of aliphatic carboxylic acids is 1. The molecule has 2 rings (SSSR count). The lowest BCUT2D eigenvalue weighted by Crippen LogP contribution is -2.40. The van der Waals surface area contributed by atoms with Crippen molar-refractivity contribution in [3.8, 4) is 11.6 Å². The minimum Gasteiger partial charge on any atom is -0.478 e. The minimum atomic E-state index is -4.35. The van der Waals surface area contributed by atoms with Crippen LogP contribution in [0.3, 0.4) is 0 Å². The number of aromatic nitrogens is 3. The number of benzene rings is 1. The molecular formula is C21H26F3N3O6. The molecule has 0 aliphatic heterocycles. The van der Waals surface area contributed by atoms with E-state index in [9.17, 15) is 27.6 Å². The number of ether oxygens (including phenoxy) is 2. The topological polar surface area (TPSA) is 113 Å². The Hall–Kier alpha value is -3.31. The highest BCUT2D eigenvalue weighted by atomic mass is 19.4. The number of halogens is 3. The lowest BCUT2D eigenvalue weighted by molar-refractivity contribution is -0.152. The van der Waals surface area contributed by atoms with Gasteiger partial charge in [-0.15, -0.1) is 5.10 Å². The number of carboxylic acid groups (broad SMARTS) is 1. The largest absolute Gasteiger partial charge is 0.478 e. The van der Waals surface area contributed by atoms with Gasteiger partial charge in [-0.05, 0) is 50.8 Å². The number of carboxylic acids is 1. The van der Waals surface area contributed by atoms with Crippen LogP contribution in [0.25, 0.3) is 0 Å². The van der Waals surface area contributed by atoms with Gasteiger partial charge >= 0.3 is 23.4 Å². The van der Waals surface area contributed by atoms with Gasteiger partial charge in [0.2, 0.25) is 0 Å². The molecule has 1 N–H and O–H groups in total. The summed E-state index contributed by atoms with van der Waals surface area (Å²) >= 11 is 0. The van der Waals surface area contributed by atoms with Crippen LogP contribution >= 0.6 is 0 Å². The number of rotatable bonds is 11. The highest BCUT2D eigenvalue weighted by molar-refractivity contribution is 5.76. The number of hydrogen-bond donors (Lipinski definition) is 1. The molecule has 0 aliphatic carbocycles. The number of nitrogens with zero attached hydrogens (tertiary/aromatic N) is 3. The molecule has 0 spiro atoms. The summed E-state index contributed by atoms with van der Waals surface area (Å²) in [5.74, 6) is -1.08. The maximum Gasteiger partial charge on any atom is 0.389 e. The average Bonchev–Trinajstić information content (AvgIpc) is 2.71. The summed E-state index contributed by atoms with van der Waals surface area (Å²) in [6.07, 6.45) is -4.83. The summed E-state index contributed by atoms with van der Waals surface area (Å²) in [5, 5.41) is 12.9. The van der Waals surface area contributed by atoms with E-state index in [2.05, 4.69) is 5.10 Å². The summed E-state index contributed by atoms with van der Waals surface area (Å²) in [7, 11) is 1.20. The molecule has 1 aromatic carbocycles. The summed E-state index contributed by atoms with van der Waals surface area (Å²) in [5.41, 5.74) is -2.15. The van der Waals surface area contributed by atoms with Crippen LogP contribution in [-0.2, 0) is 24.8 Å². The SMILES string of the molecule is Cn1c(=O)c(OCCCc2cccc(OC(C)(C)C(=O)O)c2)nn(CCCC(F)(F)F)c1=O. The van der Waals surface area contributed by atoms with Crippen LogP contribution in [0.15, 0.2) is 33.9 Å². The van der Waals surface area contributed by atoms with Gasteiger partial charge in [0.1, 0.15) is 5.75 Å². The summed E-state index contributed by atoms with van der Waals surface area (Å²) in [6.45, 7) is 2.63. The van der Waals surface area contributed by atoms with E-state index in [4.69, 9.17) is 14.6 Å². The van der Waals surface area contributed by atoms with Crippen LogP contribution in [0, 0.1) is 0 Å². The Kier molecular flexibility index (Phi) is 8.29. The predicted molar refractivity (Wildman–Crippen MR) is 112 cm³/mol. The van der Waals surface area contributed by atoms with Gasteiger partial charge in [-0.1, -0.05) is 12.1 Å². The van der Waals surface area contributed by atoms with Crippen molar-refractivity contribution < 1.29 is 32.5 Å². The second-order valence-electron chi connectivity index (χ2n) is 7.91. The molecule has 0 fully saturated rings. The van der Waals surface area contributed by atoms with E-state index in [1.807, 2.05) is 6.07 Å². The van der Waals surface area contributed by atoms with Crippen molar-refractivity contribution in [2.75, 3.05) is 6.61 Å². The van der Waals surface area contributed by atoms with Crippen molar-refractivity contribution in [2.45, 2.75) is 57.9 Å². The van der Waals surface area contributed by atoms with Crippen molar-refractivity contribution in [1.29, 1.82) is 0 Å². The molecule has 0 aliphatic rings. The fourth-order valence-corrected chi connectivity index (χ4v) is 2.81. The van der Waals surface area contributed by atoms with Crippen LogP contribution in [0.1, 0.15) is 38.7 Å². The van der Waals surface area contributed by atoms with Gasteiger partial charge in [-0.25, -0.2) is 14.3 Å². The maximum absolute atomic E-state index is 12.3. The quantitative estimate of drug-likeness (QED) is 0.499. The fraction of sp³-hybridized carbons (Fsp3) is 0.524. The van der Waals surface area contributed by atoms with E-state index in [-0.39, 0.29) is 25.5 Å². The number of carbonyl (C=O) groups is 1. The molecule has 1 heterocycles. The summed E-state index contributed by atoms with van der Waals surface area (Å²) in [4.78, 5) is 35.5. The Balaban J connectivity index is 1.98. The van der Waals surface area contributed by atoms with Crippen molar-refractivity contribution in [3.05, 3.63) is 50.7 Å². The Labute approximate surface area is 187 Å². The first-order valence-electron chi connectivity index (χ1n) is 10.2. The molecule has 0 radical (unpaired) electrons. The third-order valence-corrected chi connectivity index (χ3v) is 4.67. The van der Waals surface area contributed by atoms with Gasteiger partial charge in [0.25, 0.3) is 5.88 Å². The first-order chi connectivity index (χ1) is 15.3. The minimum absolute atomic E-state index is 0.0642. The Morgan fingerprint density at radius 2 is 1.88 bits per heavy atom. The van der Waals surface area contributed by atoms with Gasteiger partial charge in [0.15, 0.2) is 5.60 Å². The van der Waals surface area contributed by atoms with E-state index < -0.39 is 35.4 Å². The highest BCUT2D eigenvalue weighted by Gasteiger charge is 2.29. The van der Waals surface area contributed by atoms with E-state index in [0.717, 1.165) is 14.8 Å². The summed E-state index contributed by atoms with van der Waals surface area (Å²) < 4.78 is 49.4. The normalized spacial score (nSPS) is 11.9. The Bertz CT molecular complexity index is 1090. The zero-order chi connectivity index (χ0) is 24.8. The van der Waals surface area contributed by atoms with Crippen molar-refractivity contribution in [3.63, 3.8) is 0 Å². The molecular weight excluding hydrogens is 447 g/mol. The second-order valence-corrected chi connectivity index (χ2v) is 7.91. The molecule has 182 valence electrons. The Morgan fingerprint density at radius 1 is 1.18 bits per heavy atom. The van der Waals surface area contributed by atoms with E-state index in [0.29, 0.717) is 18.6 Å². The van der Waals surface area contributed by atoms with Gasteiger partial charge in [-0.3, -0.25) is 9.36 Å². The third-order valence-electron chi connectivity index (χ3n) is 4.67. The zero-order valence-electron chi connectivity index (χ0n) is 18.5. The van der Waals surface area contributed by atoms with Crippen LogP contribution in [-0.4, -0.2) is 43.8 Å². The first kappa shape index (κ1) is 25.9. The van der Waals surface area contributed by atoms with E-state index >= 15 is 0 Å². The molecule has 0 saturated carbocycles. The van der Waals surface area contributed by atoms with Crippen molar-refractivity contribution in [2.24, 2.45) is 7.05 Å². The number of alkyl halides is 3. The number of aryl methyl sites for hydroxylation is 2. The first-order valence-corrected chi connectivity index (χ1v) is 10.2. The van der Waals surface area contributed by atoms with Gasteiger partial charge < -0.3 is 14.6 Å². The third kappa shape index (κ3) is 7.65. The molecule has 0 amide bonds. The van der Waals surface area contributed by atoms with Gasteiger partial charge in [-0.2, -0.15) is 13.2 Å². The highest BCUT2D eigenvalue weighted by Crippen LogP contribution is 2.22. The second kappa shape index (κ2) is 10.5. The van der Waals surface area contributed by atoms with Crippen molar-refractivity contribution in [1.82, 2.24) is 14.3 Å². The predicted octanol–water partition coefficient (Wildman–Crippen LogP) is 2.54. The fourth-order valence-electron chi connectivity index (χ4n) is 2.81. The molecule has 2 aromatic rings. The van der Waals surface area contributed by atoms with Gasteiger partial charge in [0.05, 0.1) is 6.61 Å². The molecule has 0 unspecified atom stereocenters. The molecule has 12 heteroatoms. The smallest absolute Gasteiger partial charge is 0.389 e. The monoisotopic (exact) mass is 473 g/mol. The van der Waals surface area contributed by atoms with E-state index in [1.54, 1.807) is 18.2 Å². The van der Waals surface area contributed by atoms with Crippen LogP contribution in [0.5, 0.6) is 11.6 Å². The molecule has 33 heavy (non-hydrogen) atoms. The van der Waals surface area contributed by atoms with Crippen LogP contribution in [0.4, 0.5) is 13.2 Å². The molecule has 0 bridgehead atoms. The van der Waals surface area contributed by atoms with Gasteiger partial charge in [0, 0.05) is 20.0 Å². The summed E-state index contributed by atoms with van der Waals surface area (Å²) in [6, 6.07) is 6.87. The van der Waals surface area contributed by atoms with E-state index in [1.165, 1.54) is 20.9 Å². The molecule has 0 atom stereocenters. The number of hydrogen-bond acceptors (Lipinski definition) is 6. The van der Waals surface area contributed by atoms with Crippen LogP contribution < -0.4 is 20.7 Å².